The summed E-state index contributed by atoms with van der Waals surface area (Å²) in [7, 11) is 0. The van der Waals surface area contributed by atoms with Crippen molar-refractivity contribution >= 4 is 5.91 Å². The number of aliphatic hydroxyl groups is 10. The van der Waals surface area contributed by atoms with Crippen LogP contribution in [0.3, 0.4) is 0 Å². The molecular weight excluding hydrogens is 734 g/mol. The van der Waals surface area contributed by atoms with E-state index in [1.54, 1.807) is 6.92 Å². The number of carbonyl (C=O) groups is 1. The van der Waals surface area contributed by atoms with Crippen molar-refractivity contribution in [1.82, 2.24) is 5.32 Å². The van der Waals surface area contributed by atoms with Gasteiger partial charge in [-0.2, -0.15) is 0 Å². The van der Waals surface area contributed by atoms with Gasteiger partial charge in [0.25, 0.3) is 0 Å². The van der Waals surface area contributed by atoms with Gasteiger partial charge >= 0.3 is 0 Å². The highest BCUT2D eigenvalue weighted by Gasteiger charge is 2.58. The van der Waals surface area contributed by atoms with Crippen LogP contribution in [-0.4, -0.2) is 218 Å². The molecule has 22 nitrogen and oxygen atoms in total. The van der Waals surface area contributed by atoms with Crippen LogP contribution in [0.2, 0.25) is 0 Å². The van der Waals surface area contributed by atoms with Crippen molar-refractivity contribution in [3.63, 3.8) is 0 Å². The Kier molecular flexibility index (Phi) is 13.8. The zero-order valence-electron chi connectivity index (χ0n) is 29.8. The monoisotopic (exact) mass is 787 g/mol. The second-order valence-corrected chi connectivity index (χ2v) is 14.6. The summed E-state index contributed by atoms with van der Waals surface area (Å²) in [5.74, 6) is -0.674. The molecule has 0 unspecified atom stereocenters. The molecular formula is C32H53NO21. The van der Waals surface area contributed by atoms with Crippen molar-refractivity contribution in [3.8, 4) is 0 Å². The van der Waals surface area contributed by atoms with Crippen molar-refractivity contribution in [2.75, 3.05) is 19.8 Å². The molecule has 54 heavy (non-hydrogen) atoms. The quantitative estimate of drug-likeness (QED) is 0.109. The molecule has 11 N–H and O–H groups in total. The smallest absolute Gasteiger partial charge is 0.217 e. The molecule has 9 rings (SSSR count). The van der Waals surface area contributed by atoms with E-state index in [9.17, 15) is 55.9 Å². The van der Waals surface area contributed by atoms with Gasteiger partial charge in [0.15, 0.2) is 31.5 Å². The molecule has 6 bridgehead atoms. The number of hydrogen-bond acceptors (Lipinski definition) is 21. The van der Waals surface area contributed by atoms with Gasteiger partial charge in [0, 0.05) is 19.8 Å². The van der Waals surface area contributed by atoms with Crippen LogP contribution >= 0.6 is 0 Å². The number of amides is 1. The van der Waals surface area contributed by atoms with E-state index < -0.39 is 167 Å². The summed E-state index contributed by atoms with van der Waals surface area (Å²) in [4.78, 5) is 12.6. The molecule has 0 aromatic carbocycles. The number of ether oxygens (including phenoxy) is 10. The van der Waals surface area contributed by atoms with Crippen LogP contribution in [0.25, 0.3) is 0 Å². The lowest BCUT2D eigenvalue weighted by Crippen LogP contribution is -2.71. The standard InChI is InChI=1S/C32H53NO21/c1-9-12(37)4-14(39)28(46-9)45-8-18-25-27(54-29-15(40)5-13(38)10(2)47-29)23(44)32(50-18)51-24-17(7-35)49-31(22(43)21(24)42)53-26-19(33-11(3)36)30(52-25)48-16(6-34)20(26)41/h9-10,12-32,34-35,37-44H,4-8H2,1-3H3,(H,33,36)/t9-,10-,12-,13-,14-,15-,16+,17+,18+,19+,20+,21+,22+,23+,24-,25+,26+,27+,28+,29-,30-,31+,32+/m0/s1. The Bertz CT molecular complexity index is 1240. The number of nitrogens with one attached hydrogen (secondary N) is 1. The Morgan fingerprint density at radius 3 is 1.76 bits per heavy atom. The van der Waals surface area contributed by atoms with E-state index in [-0.39, 0.29) is 12.8 Å². The molecule has 23 atom stereocenters. The molecule has 9 fully saturated rings. The lowest BCUT2D eigenvalue weighted by atomic mass is 9.93. The average Bonchev–Trinajstić information content (AvgIpc) is 3.12. The van der Waals surface area contributed by atoms with Gasteiger partial charge in [-0.1, -0.05) is 0 Å². The minimum absolute atomic E-state index is 0.0968. The largest absolute Gasteiger partial charge is 0.394 e. The summed E-state index contributed by atoms with van der Waals surface area (Å²) in [6, 6.07) is -1.48. The topological polar surface area (TPSA) is 324 Å². The summed E-state index contributed by atoms with van der Waals surface area (Å²) in [6.07, 6.45) is -33.0. The van der Waals surface area contributed by atoms with E-state index >= 15 is 0 Å². The summed E-state index contributed by atoms with van der Waals surface area (Å²) in [5.41, 5.74) is 0. The first-order valence-electron chi connectivity index (χ1n) is 18.1. The average molecular weight is 788 g/mol. The van der Waals surface area contributed by atoms with Crippen molar-refractivity contribution < 1.29 is 103 Å². The highest BCUT2D eigenvalue weighted by Crippen LogP contribution is 2.38. The normalized spacial score (nSPS) is 52.8. The molecule has 9 heterocycles. The number of rotatable bonds is 8. The minimum atomic E-state index is -1.93. The predicted octanol–water partition coefficient (Wildman–Crippen LogP) is -6.62. The zero-order chi connectivity index (χ0) is 39.2. The number of carbonyl (C=O) groups excluding carboxylic acids is 1. The molecule has 9 aliphatic heterocycles. The third-order valence-electron chi connectivity index (χ3n) is 10.6. The van der Waals surface area contributed by atoms with Crippen molar-refractivity contribution in [3.05, 3.63) is 0 Å². The molecule has 0 aliphatic carbocycles. The van der Waals surface area contributed by atoms with Gasteiger partial charge in [-0.3, -0.25) is 4.79 Å². The predicted molar refractivity (Wildman–Crippen MR) is 169 cm³/mol. The van der Waals surface area contributed by atoms with E-state index in [0.717, 1.165) is 6.92 Å². The Balaban J connectivity index is 1.44. The van der Waals surface area contributed by atoms with Crippen LogP contribution in [0, 0.1) is 0 Å². The van der Waals surface area contributed by atoms with Gasteiger partial charge in [-0.05, 0) is 13.8 Å². The molecule has 9 saturated heterocycles. The van der Waals surface area contributed by atoms with Gasteiger partial charge in [-0.15, -0.1) is 0 Å². The summed E-state index contributed by atoms with van der Waals surface area (Å²) in [6.45, 7) is 2.06. The van der Waals surface area contributed by atoms with Gasteiger partial charge in [-0.25, -0.2) is 0 Å². The maximum atomic E-state index is 12.6. The molecule has 0 spiro atoms. The van der Waals surface area contributed by atoms with E-state index in [4.69, 9.17) is 47.4 Å². The Morgan fingerprint density at radius 2 is 1.13 bits per heavy atom. The second-order valence-electron chi connectivity index (χ2n) is 14.6. The van der Waals surface area contributed by atoms with Gasteiger partial charge < -0.3 is 104 Å². The molecule has 0 aromatic rings. The Morgan fingerprint density at radius 1 is 0.593 bits per heavy atom. The van der Waals surface area contributed by atoms with Crippen molar-refractivity contribution in [2.24, 2.45) is 0 Å². The van der Waals surface area contributed by atoms with Crippen LogP contribution in [-0.2, 0) is 52.2 Å². The Hall–Kier alpha value is -1.33. The van der Waals surface area contributed by atoms with Gasteiger partial charge in [0.05, 0.1) is 44.2 Å². The molecule has 0 aromatic heterocycles. The first-order chi connectivity index (χ1) is 25.6. The third kappa shape index (κ3) is 8.73. The second kappa shape index (κ2) is 17.7. The lowest BCUT2D eigenvalue weighted by molar-refractivity contribution is -0.409. The van der Waals surface area contributed by atoms with E-state index in [1.807, 2.05) is 0 Å². The molecule has 0 radical (unpaired) electrons. The van der Waals surface area contributed by atoms with Gasteiger partial charge in [0.2, 0.25) is 5.91 Å². The van der Waals surface area contributed by atoms with Crippen LogP contribution in [0.1, 0.15) is 33.6 Å². The van der Waals surface area contributed by atoms with Gasteiger partial charge in [0.1, 0.15) is 85.4 Å². The minimum Gasteiger partial charge on any atom is -0.394 e. The first-order valence-corrected chi connectivity index (χ1v) is 18.1. The maximum absolute atomic E-state index is 12.6. The molecule has 9 aliphatic rings. The fraction of sp³-hybridized carbons (Fsp3) is 0.969. The first kappa shape index (κ1) is 42.3. The highest BCUT2D eigenvalue weighted by atomic mass is 16.8. The maximum Gasteiger partial charge on any atom is 0.217 e. The van der Waals surface area contributed by atoms with E-state index in [2.05, 4.69) is 5.32 Å². The molecule has 312 valence electrons. The third-order valence-corrected chi connectivity index (χ3v) is 10.6. The highest BCUT2D eigenvalue weighted by molar-refractivity contribution is 5.73. The number of aliphatic hydroxyl groups excluding tert-OH is 10. The van der Waals surface area contributed by atoms with E-state index in [0.29, 0.717) is 0 Å². The van der Waals surface area contributed by atoms with Crippen LogP contribution in [0.4, 0.5) is 0 Å². The fourth-order valence-corrected chi connectivity index (χ4v) is 7.50. The number of hydrogen-bond donors (Lipinski definition) is 11. The molecule has 22 heteroatoms. The fourth-order valence-electron chi connectivity index (χ4n) is 7.50. The zero-order valence-corrected chi connectivity index (χ0v) is 29.8. The Labute approximate surface area is 309 Å². The van der Waals surface area contributed by atoms with Crippen LogP contribution in [0.5, 0.6) is 0 Å². The lowest BCUT2D eigenvalue weighted by Gasteiger charge is -2.53. The van der Waals surface area contributed by atoms with Crippen LogP contribution < -0.4 is 5.32 Å². The van der Waals surface area contributed by atoms with Crippen LogP contribution in [0.15, 0.2) is 0 Å². The summed E-state index contributed by atoms with van der Waals surface area (Å²) in [5, 5.41) is 111. The van der Waals surface area contributed by atoms with Crippen molar-refractivity contribution in [2.45, 2.75) is 175 Å². The summed E-state index contributed by atoms with van der Waals surface area (Å²) >= 11 is 0. The SMILES string of the molecule is CC(=O)N[C@H]1[C@@H]2O[C@H]3[C@H](O[C@@H]4O[C@@H](C)[C@@H](O)C[C@@H]4O)[C@@H](O)[C@@H](O[C@@H]4[C@H](O)[C@@H](O)[C@@H](O[C@H]1[C@H](O)[C@@H](CO)O2)O[C@@H]4CO)O[C@@H]3CO[C@@H]1O[C@@H](C)[C@@H](O)C[C@@H]1O. The molecule has 0 saturated carbocycles. The summed E-state index contributed by atoms with van der Waals surface area (Å²) < 4.78 is 59.9. The molecule has 1 amide bonds. The van der Waals surface area contributed by atoms with Crippen molar-refractivity contribution in [1.29, 1.82) is 0 Å². The van der Waals surface area contributed by atoms with E-state index in [1.165, 1.54) is 6.92 Å².